The van der Waals surface area contributed by atoms with Gasteiger partial charge in [0.15, 0.2) is 0 Å². The predicted molar refractivity (Wildman–Crippen MR) is 216 cm³/mol. The lowest BCUT2D eigenvalue weighted by Gasteiger charge is -2.39. The lowest BCUT2D eigenvalue weighted by Crippen LogP contribution is -2.54. The third-order valence-electron chi connectivity index (χ3n) is 13.1. The van der Waals surface area contributed by atoms with Crippen LogP contribution in [-0.4, -0.2) is 124 Å². The summed E-state index contributed by atoms with van der Waals surface area (Å²) < 4.78 is 0. The number of benzene rings is 2. The molecule has 298 valence electrons. The van der Waals surface area contributed by atoms with Gasteiger partial charge in [0.25, 0.3) is 11.8 Å². The first-order valence-electron chi connectivity index (χ1n) is 20.4. The van der Waals surface area contributed by atoms with E-state index in [9.17, 15) is 24.0 Å². The molecule has 3 saturated heterocycles. The van der Waals surface area contributed by atoms with Gasteiger partial charge in [0, 0.05) is 92.8 Å². The van der Waals surface area contributed by atoms with Crippen molar-refractivity contribution in [3.8, 4) is 11.4 Å². The summed E-state index contributed by atoms with van der Waals surface area (Å²) in [6, 6.07) is 12.4. The fourth-order valence-corrected chi connectivity index (χ4v) is 9.66. The van der Waals surface area contributed by atoms with E-state index in [1.807, 2.05) is 26.1 Å². The number of imide groups is 2. The maximum absolute atomic E-state index is 13.8. The van der Waals surface area contributed by atoms with Crippen molar-refractivity contribution in [2.45, 2.75) is 71.4 Å². The summed E-state index contributed by atoms with van der Waals surface area (Å²) >= 11 is 0. The van der Waals surface area contributed by atoms with E-state index in [-0.39, 0.29) is 30.2 Å². The highest BCUT2D eigenvalue weighted by atomic mass is 16.2. The zero-order valence-corrected chi connectivity index (χ0v) is 33.2. The number of amides is 5. The van der Waals surface area contributed by atoms with Crippen LogP contribution in [0.25, 0.3) is 22.3 Å². The number of hydrogen-bond acceptors (Lipinski definition) is 9. The van der Waals surface area contributed by atoms with Crippen molar-refractivity contribution >= 4 is 51.8 Å². The zero-order chi connectivity index (χ0) is 39.7. The monoisotopic (exact) mass is 773 g/mol. The first-order chi connectivity index (χ1) is 27.3. The summed E-state index contributed by atoms with van der Waals surface area (Å²) in [5, 5.41) is 11.3. The highest BCUT2D eigenvalue weighted by Gasteiger charge is 2.45. The first-order valence-corrected chi connectivity index (χ1v) is 20.4. The summed E-state index contributed by atoms with van der Waals surface area (Å²) in [7, 11) is 1.86. The molecule has 5 amide bonds. The molecule has 3 N–H and O–H groups in total. The molecule has 0 radical (unpaired) electrons. The number of fused-ring (bicyclic) bond motifs is 3. The molecule has 4 aliphatic heterocycles. The molecule has 3 fully saturated rings. The van der Waals surface area contributed by atoms with Gasteiger partial charge < -0.3 is 19.7 Å². The van der Waals surface area contributed by atoms with Crippen LogP contribution in [0.4, 0.5) is 11.4 Å². The highest BCUT2D eigenvalue weighted by molar-refractivity contribution is 6.23. The molecule has 5 aliphatic rings. The summed E-state index contributed by atoms with van der Waals surface area (Å²) in [5.41, 5.74) is 8.16. The second-order valence-corrected chi connectivity index (χ2v) is 17.5. The van der Waals surface area contributed by atoms with Crippen LogP contribution in [0.1, 0.15) is 78.4 Å². The van der Waals surface area contributed by atoms with Gasteiger partial charge in [-0.05, 0) is 86.8 Å². The zero-order valence-electron chi connectivity index (χ0n) is 33.2. The molecular weight excluding hydrogens is 723 g/mol. The molecule has 57 heavy (non-hydrogen) atoms. The molecule has 14 nitrogen and oxygen atoms in total. The van der Waals surface area contributed by atoms with Gasteiger partial charge in [-0.3, -0.25) is 44.2 Å². The normalized spacial score (nSPS) is 23.2. The van der Waals surface area contributed by atoms with Gasteiger partial charge in [0.1, 0.15) is 11.7 Å². The van der Waals surface area contributed by atoms with Crippen LogP contribution in [0, 0.1) is 11.3 Å². The van der Waals surface area contributed by atoms with Gasteiger partial charge in [-0.1, -0.05) is 19.9 Å². The van der Waals surface area contributed by atoms with E-state index >= 15 is 0 Å². The van der Waals surface area contributed by atoms with Gasteiger partial charge >= 0.3 is 0 Å². The van der Waals surface area contributed by atoms with Crippen molar-refractivity contribution in [2.24, 2.45) is 11.3 Å². The van der Waals surface area contributed by atoms with E-state index in [4.69, 9.17) is 5.10 Å². The average Bonchev–Trinajstić information content (AvgIpc) is 3.99. The average molecular weight is 774 g/mol. The van der Waals surface area contributed by atoms with Gasteiger partial charge in [-0.15, -0.1) is 0 Å². The third-order valence-corrected chi connectivity index (χ3v) is 13.1. The predicted octanol–water partition coefficient (Wildman–Crippen LogP) is 3.97. The van der Waals surface area contributed by atoms with Crippen LogP contribution in [-0.2, 0) is 27.2 Å². The summed E-state index contributed by atoms with van der Waals surface area (Å²) in [6.45, 7) is 12.7. The third kappa shape index (κ3) is 6.82. The number of carbonyl (C=O) groups is 5. The Morgan fingerprint density at radius 3 is 2.53 bits per heavy atom. The number of anilines is 2. The number of piperidine rings is 1. The molecule has 2 unspecified atom stereocenters. The molecule has 0 bridgehead atoms. The Labute approximate surface area is 331 Å². The van der Waals surface area contributed by atoms with Crippen LogP contribution in [0.15, 0.2) is 42.5 Å². The van der Waals surface area contributed by atoms with Crippen molar-refractivity contribution in [3.05, 3.63) is 64.8 Å². The number of likely N-dealkylation sites (N-methyl/N-ethyl adjacent to an activating group) is 1. The summed E-state index contributed by atoms with van der Waals surface area (Å²) in [5.74, 6) is -1.45. The number of nitrogens with one attached hydrogen (secondary N) is 3. The Bertz CT molecular complexity index is 2300. The fourth-order valence-electron chi connectivity index (χ4n) is 9.66. The van der Waals surface area contributed by atoms with Crippen LogP contribution in [0.2, 0.25) is 0 Å². The quantitative estimate of drug-likeness (QED) is 0.226. The molecule has 3 atom stereocenters. The standard InChI is InChI=1S/C43H51N9O5/c1-25(40(55)48(4)28-6-5-27-19-34(44-33(27)21-28)38-31-11-13-43(2,3)22-35(31)46-47-38)50-17-15-49(16-18-50)23-26-12-14-51(24-26)29-7-8-30-32(20-29)42(57)52(41(30)56)36-9-10-37(53)45-39(36)54/h5-8,19-21,25-26,36,44H,9-18,22-24H2,1-4H3,(H,46,47)(H,45,53,54)/t25?,26-,36?/m1/s1. The van der Waals surface area contributed by atoms with Gasteiger partial charge in [-0.25, -0.2) is 0 Å². The van der Waals surface area contributed by atoms with Crippen LogP contribution < -0.4 is 15.1 Å². The number of nitrogens with zero attached hydrogens (tertiary/aromatic N) is 6. The number of hydrogen-bond donors (Lipinski definition) is 3. The fraction of sp³-hybridized carbons (Fsp3) is 0.488. The summed E-state index contributed by atoms with van der Waals surface area (Å²) in [6.07, 6.45) is 4.40. The van der Waals surface area contributed by atoms with E-state index in [0.29, 0.717) is 17.0 Å². The van der Waals surface area contributed by atoms with E-state index in [1.54, 1.807) is 17.0 Å². The van der Waals surface area contributed by atoms with Gasteiger partial charge in [0.05, 0.1) is 22.9 Å². The number of rotatable bonds is 8. The van der Waals surface area contributed by atoms with Crippen LogP contribution >= 0.6 is 0 Å². The number of piperazine rings is 1. The molecule has 2 aromatic carbocycles. The van der Waals surface area contributed by atoms with Crippen LogP contribution in [0.3, 0.4) is 0 Å². The topological polar surface area (TPSA) is 158 Å². The number of H-pyrrole nitrogens is 2. The van der Waals surface area contributed by atoms with Gasteiger partial charge in [-0.2, -0.15) is 5.10 Å². The number of carbonyl (C=O) groups excluding carboxylic acids is 5. The lowest BCUT2D eigenvalue weighted by atomic mass is 9.76. The van der Waals surface area contributed by atoms with Gasteiger partial charge in [0.2, 0.25) is 17.7 Å². The molecule has 0 spiro atoms. The molecular formula is C43H51N9O5. The van der Waals surface area contributed by atoms with Crippen molar-refractivity contribution in [1.82, 2.24) is 35.2 Å². The van der Waals surface area contributed by atoms with Crippen molar-refractivity contribution in [1.29, 1.82) is 0 Å². The van der Waals surface area contributed by atoms with E-state index < -0.39 is 29.7 Å². The number of aromatic nitrogens is 3. The van der Waals surface area contributed by atoms with Crippen molar-refractivity contribution < 1.29 is 24.0 Å². The maximum Gasteiger partial charge on any atom is 0.262 e. The Morgan fingerprint density at radius 2 is 1.74 bits per heavy atom. The SMILES string of the molecule is CC(C(=O)N(C)c1ccc2cc(-c3n[nH]c4c3CCC(C)(C)C4)[nH]c2c1)N1CCN(C[C@H]2CCN(c3ccc4c(c3)C(=O)N(C3CCC(=O)NC3=O)C4=O)C2)CC1. The molecule has 2 aromatic heterocycles. The molecule has 1 aliphatic carbocycles. The van der Waals surface area contributed by atoms with Crippen molar-refractivity contribution in [3.63, 3.8) is 0 Å². The summed E-state index contributed by atoms with van der Waals surface area (Å²) in [4.78, 5) is 77.9. The van der Waals surface area contributed by atoms with Crippen molar-refractivity contribution in [2.75, 3.05) is 62.7 Å². The Kier molecular flexibility index (Phi) is 9.31. The minimum Gasteiger partial charge on any atom is -0.371 e. The Morgan fingerprint density at radius 1 is 0.947 bits per heavy atom. The maximum atomic E-state index is 13.8. The molecule has 4 aromatic rings. The molecule has 9 rings (SSSR count). The lowest BCUT2D eigenvalue weighted by molar-refractivity contribution is -0.136. The Hall–Kier alpha value is -5.34. The second kappa shape index (κ2) is 14.2. The van der Waals surface area contributed by atoms with E-state index in [1.165, 1.54) is 11.3 Å². The highest BCUT2D eigenvalue weighted by Crippen LogP contribution is 2.39. The van der Waals surface area contributed by atoms with E-state index in [2.05, 4.69) is 62.1 Å². The molecule has 14 heteroatoms. The largest absolute Gasteiger partial charge is 0.371 e. The van der Waals surface area contributed by atoms with E-state index in [0.717, 1.165) is 110 Å². The minimum absolute atomic E-state index is 0.0692. The molecule has 0 saturated carbocycles. The Balaban J connectivity index is 0.774. The minimum atomic E-state index is -0.974. The first kappa shape index (κ1) is 37.2. The van der Waals surface area contributed by atoms with Crippen LogP contribution in [0.5, 0.6) is 0 Å². The second-order valence-electron chi connectivity index (χ2n) is 17.5. The number of aromatic amines is 2. The molecule has 6 heterocycles. The smallest absolute Gasteiger partial charge is 0.262 e.